The standard InChI is InChI=1S/C20H21N7OS/c1-15-8-5-6-12-17(15)23-18(28)14-29-20-26-25-19(27(20)21)24-22-13-7-11-16-9-3-2-4-10-16/h2-13H,14,21H2,1H3,(H,23,28)(H,24,25)/b11-7+,22-13+. The Morgan fingerprint density at radius 1 is 1.17 bits per heavy atom. The van der Waals surface area contributed by atoms with Gasteiger partial charge in [0.15, 0.2) is 0 Å². The second-order valence-corrected chi connectivity index (χ2v) is 6.93. The molecule has 0 atom stereocenters. The predicted octanol–water partition coefficient (Wildman–Crippen LogP) is 3.14. The van der Waals surface area contributed by atoms with Gasteiger partial charge in [0.2, 0.25) is 11.1 Å². The minimum absolute atomic E-state index is 0.147. The van der Waals surface area contributed by atoms with E-state index in [0.717, 1.165) is 16.8 Å². The third kappa shape index (κ3) is 5.94. The minimum atomic E-state index is -0.147. The zero-order chi connectivity index (χ0) is 20.5. The van der Waals surface area contributed by atoms with Crippen LogP contribution in [0.1, 0.15) is 11.1 Å². The van der Waals surface area contributed by atoms with Crippen molar-refractivity contribution in [3.63, 3.8) is 0 Å². The van der Waals surface area contributed by atoms with Crippen molar-refractivity contribution in [1.82, 2.24) is 14.9 Å². The molecule has 1 heterocycles. The lowest BCUT2D eigenvalue weighted by molar-refractivity contribution is -0.113. The zero-order valence-electron chi connectivity index (χ0n) is 15.8. The number of hydrazone groups is 1. The van der Waals surface area contributed by atoms with Gasteiger partial charge >= 0.3 is 0 Å². The number of aryl methyl sites for hydroxylation is 1. The second-order valence-electron chi connectivity index (χ2n) is 5.99. The Kier molecular flexibility index (Phi) is 7.01. The fourth-order valence-electron chi connectivity index (χ4n) is 2.34. The van der Waals surface area contributed by atoms with Crippen LogP contribution in [0.15, 0.2) is 70.9 Å². The van der Waals surface area contributed by atoms with Crippen LogP contribution in [-0.2, 0) is 4.79 Å². The normalized spacial score (nSPS) is 11.2. The van der Waals surface area contributed by atoms with Crippen LogP contribution in [0.25, 0.3) is 6.08 Å². The number of nitrogens with one attached hydrogen (secondary N) is 2. The highest BCUT2D eigenvalue weighted by atomic mass is 32.2. The Morgan fingerprint density at radius 2 is 1.93 bits per heavy atom. The first-order valence-corrected chi connectivity index (χ1v) is 9.81. The maximum Gasteiger partial charge on any atom is 0.264 e. The van der Waals surface area contributed by atoms with Crippen LogP contribution in [0.2, 0.25) is 0 Å². The number of carbonyl (C=O) groups is 1. The summed E-state index contributed by atoms with van der Waals surface area (Å²) in [6, 6.07) is 17.5. The van der Waals surface area contributed by atoms with E-state index in [1.54, 1.807) is 12.3 Å². The molecule has 0 aliphatic carbocycles. The van der Waals surface area contributed by atoms with Crippen molar-refractivity contribution in [2.45, 2.75) is 12.1 Å². The van der Waals surface area contributed by atoms with Crippen molar-refractivity contribution in [1.29, 1.82) is 0 Å². The van der Waals surface area contributed by atoms with Gasteiger partial charge in [0, 0.05) is 11.9 Å². The molecule has 1 aromatic heterocycles. The first-order chi connectivity index (χ1) is 14.1. The summed E-state index contributed by atoms with van der Waals surface area (Å²) in [5.41, 5.74) is 5.58. The third-order valence-corrected chi connectivity index (χ3v) is 4.77. The van der Waals surface area contributed by atoms with Crippen LogP contribution in [0, 0.1) is 6.92 Å². The van der Waals surface area contributed by atoms with Crippen LogP contribution in [0.5, 0.6) is 0 Å². The van der Waals surface area contributed by atoms with Gasteiger partial charge in [0.25, 0.3) is 5.95 Å². The number of amides is 1. The number of carbonyl (C=O) groups excluding carboxylic acids is 1. The Balaban J connectivity index is 1.49. The molecule has 0 aliphatic heterocycles. The molecule has 4 N–H and O–H groups in total. The van der Waals surface area contributed by atoms with Crippen molar-refractivity contribution in [3.8, 4) is 0 Å². The Hall–Kier alpha value is -3.59. The summed E-state index contributed by atoms with van der Waals surface area (Å²) < 4.78 is 1.25. The topological polar surface area (TPSA) is 110 Å². The Morgan fingerprint density at radius 3 is 2.72 bits per heavy atom. The highest BCUT2D eigenvalue weighted by Gasteiger charge is 2.12. The van der Waals surface area contributed by atoms with E-state index in [1.165, 1.54) is 16.4 Å². The van der Waals surface area contributed by atoms with Crippen LogP contribution < -0.4 is 16.6 Å². The first-order valence-electron chi connectivity index (χ1n) is 8.83. The lowest BCUT2D eigenvalue weighted by Gasteiger charge is -2.07. The molecule has 2 aromatic carbocycles. The van der Waals surface area contributed by atoms with E-state index in [-0.39, 0.29) is 17.6 Å². The monoisotopic (exact) mass is 407 g/mol. The van der Waals surface area contributed by atoms with Crippen LogP contribution in [0.3, 0.4) is 0 Å². The average molecular weight is 408 g/mol. The fraction of sp³-hybridized carbons (Fsp3) is 0.100. The second kappa shape index (κ2) is 10.1. The zero-order valence-corrected chi connectivity index (χ0v) is 16.6. The smallest absolute Gasteiger partial charge is 0.264 e. The molecule has 0 unspecified atom stereocenters. The van der Waals surface area contributed by atoms with Crippen molar-refractivity contribution in [2.24, 2.45) is 5.10 Å². The van der Waals surface area contributed by atoms with Crippen LogP contribution in [-0.4, -0.2) is 32.7 Å². The number of para-hydroxylation sites is 1. The molecule has 3 aromatic rings. The molecule has 8 nitrogen and oxygen atoms in total. The van der Waals surface area contributed by atoms with E-state index in [9.17, 15) is 4.79 Å². The molecule has 0 spiro atoms. The summed E-state index contributed by atoms with van der Waals surface area (Å²) in [5, 5.41) is 15.2. The molecule has 0 radical (unpaired) electrons. The van der Waals surface area contributed by atoms with Gasteiger partial charge in [-0.05, 0) is 30.2 Å². The van der Waals surface area contributed by atoms with Crippen molar-refractivity contribution in [3.05, 3.63) is 71.8 Å². The van der Waals surface area contributed by atoms with Crippen molar-refractivity contribution >= 4 is 41.6 Å². The van der Waals surface area contributed by atoms with Gasteiger partial charge < -0.3 is 11.2 Å². The molecule has 0 fully saturated rings. The molecular weight excluding hydrogens is 386 g/mol. The van der Waals surface area contributed by atoms with E-state index in [1.807, 2.05) is 67.6 Å². The lowest BCUT2D eigenvalue weighted by atomic mass is 10.2. The maximum atomic E-state index is 12.1. The highest BCUT2D eigenvalue weighted by Crippen LogP contribution is 2.18. The van der Waals surface area contributed by atoms with E-state index >= 15 is 0 Å². The Bertz CT molecular complexity index is 1010. The van der Waals surface area contributed by atoms with Gasteiger partial charge in [0.05, 0.1) is 5.75 Å². The van der Waals surface area contributed by atoms with Crippen molar-refractivity contribution in [2.75, 3.05) is 22.3 Å². The quantitative estimate of drug-likeness (QED) is 0.229. The molecule has 9 heteroatoms. The van der Waals surface area contributed by atoms with E-state index < -0.39 is 0 Å². The molecule has 148 valence electrons. The number of allylic oxidation sites excluding steroid dienone is 1. The summed E-state index contributed by atoms with van der Waals surface area (Å²) in [6.07, 6.45) is 5.31. The third-order valence-electron chi connectivity index (χ3n) is 3.83. The number of rotatable bonds is 8. The van der Waals surface area contributed by atoms with E-state index in [4.69, 9.17) is 5.84 Å². The van der Waals surface area contributed by atoms with Gasteiger partial charge in [-0.2, -0.15) is 5.10 Å². The average Bonchev–Trinajstić information content (AvgIpc) is 3.08. The molecule has 3 rings (SSSR count). The summed E-state index contributed by atoms with van der Waals surface area (Å²) in [6.45, 7) is 1.94. The van der Waals surface area contributed by atoms with Gasteiger partial charge in [-0.1, -0.05) is 66.4 Å². The van der Waals surface area contributed by atoms with E-state index in [0.29, 0.717) is 5.16 Å². The molecule has 0 saturated heterocycles. The lowest BCUT2D eigenvalue weighted by Crippen LogP contribution is -2.17. The largest absolute Gasteiger partial charge is 0.334 e. The molecule has 0 aliphatic rings. The van der Waals surface area contributed by atoms with Crippen molar-refractivity contribution < 1.29 is 4.79 Å². The fourth-order valence-corrected chi connectivity index (χ4v) is 2.99. The number of nitrogens with two attached hydrogens (primary N) is 1. The summed E-state index contributed by atoms with van der Waals surface area (Å²) in [7, 11) is 0. The Labute approximate surface area is 172 Å². The summed E-state index contributed by atoms with van der Waals surface area (Å²) in [5.74, 6) is 6.24. The van der Waals surface area contributed by atoms with Gasteiger partial charge in [0.1, 0.15) is 0 Å². The number of hydrogen-bond acceptors (Lipinski definition) is 7. The van der Waals surface area contributed by atoms with Gasteiger partial charge in [-0.3, -0.25) is 4.79 Å². The molecule has 0 saturated carbocycles. The molecular formula is C20H21N7OS. The molecule has 29 heavy (non-hydrogen) atoms. The number of nitrogens with zero attached hydrogens (tertiary/aromatic N) is 4. The van der Waals surface area contributed by atoms with Crippen LogP contribution in [0.4, 0.5) is 11.6 Å². The molecule has 1 amide bonds. The summed E-state index contributed by atoms with van der Waals surface area (Å²) in [4.78, 5) is 12.1. The number of anilines is 2. The first kappa shape index (κ1) is 20.2. The van der Waals surface area contributed by atoms with Gasteiger partial charge in [-0.25, -0.2) is 10.1 Å². The number of benzene rings is 2. The number of thioether (sulfide) groups is 1. The summed E-state index contributed by atoms with van der Waals surface area (Å²) >= 11 is 1.19. The maximum absolute atomic E-state index is 12.1. The van der Waals surface area contributed by atoms with E-state index in [2.05, 4.69) is 26.0 Å². The molecule has 0 bridgehead atoms. The SMILES string of the molecule is Cc1ccccc1NC(=O)CSc1nnc(N/N=C/C=C/c2ccccc2)n1N. The predicted molar refractivity (Wildman–Crippen MR) is 118 cm³/mol. The number of nitrogen functional groups attached to an aromatic ring is 1. The van der Waals surface area contributed by atoms with Crippen LogP contribution >= 0.6 is 11.8 Å². The highest BCUT2D eigenvalue weighted by molar-refractivity contribution is 7.99. The minimum Gasteiger partial charge on any atom is -0.334 e. The number of hydrogen-bond donors (Lipinski definition) is 3. The number of aromatic nitrogens is 3. The van der Waals surface area contributed by atoms with Gasteiger partial charge in [-0.15, -0.1) is 10.2 Å².